The van der Waals surface area contributed by atoms with Gasteiger partial charge >= 0.3 is 11.9 Å². The average molecular weight is 367 g/mol. The summed E-state index contributed by atoms with van der Waals surface area (Å²) in [6, 6.07) is -3.49. The molecule has 0 aliphatic carbocycles. The summed E-state index contributed by atoms with van der Waals surface area (Å²) in [6.07, 6.45) is 1.48. The van der Waals surface area contributed by atoms with E-state index < -0.39 is 48.3 Å². The summed E-state index contributed by atoms with van der Waals surface area (Å²) in [4.78, 5) is 45.4. The number of carbonyl (C=O) groups is 4. The van der Waals surface area contributed by atoms with Crippen molar-refractivity contribution in [1.29, 1.82) is 0 Å². The molecule has 11 heteroatoms. The quantitative estimate of drug-likeness (QED) is 0.241. The molecule has 0 heterocycles. The Morgan fingerprint density at radius 1 is 1.13 bits per heavy atom. The van der Waals surface area contributed by atoms with Crippen LogP contribution in [-0.4, -0.2) is 69.9 Å². The van der Waals surface area contributed by atoms with Crippen LogP contribution in [0.5, 0.6) is 0 Å². The van der Waals surface area contributed by atoms with E-state index in [-0.39, 0.29) is 12.2 Å². The molecule has 3 atom stereocenters. The maximum atomic E-state index is 12.1. The molecule has 0 radical (unpaired) electrons. The van der Waals surface area contributed by atoms with Gasteiger partial charge in [0.2, 0.25) is 11.8 Å². The topological polar surface area (TPSA) is 159 Å². The van der Waals surface area contributed by atoms with Crippen molar-refractivity contribution in [2.24, 2.45) is 5.73 Å². The smallest absolute Gasteiger partial charge is 0.327 e. The Bertz CT molecular complexity index is 449. The first-order valence-corrected chi connectivity index (χ1v) is 8.66. The number of carboxylic acids is 2. The molecule has 2 amide bonds. The fraction of sp³-hybridized carbons (Fsp3) is 0.667. The van der Waals surface area contributed by atoms with Crippen molar-refractivity contribution >= 4 is 48.1 Å². The van der Waals surface area contributed by atoms with Gasteiger partial charge in [-0.05, 0) is 18.4 Å². The Labute approximate surface area is 143 Å². The van der Waals surface area contributed by atoms with Gasteiger partial charge in [0.15, 0.2) is 0 Å². The zero-order valence-electron chi connectivity index (χ0n) is 12.5. The Kier molecular flexibility index (Phi) is 10.4. The minimum absolute atomic E-state index is 0.108. The minimum Gasteiger partial charge on any atom is -0.481 e. The van der Waals surface area contributed by atoms with Gasteiger partial charge in [0.05, 0.1) is 12.5 Å². The Hall–Kier alpha value is -1.46. The van der Waals surface area contributed by atoms with Crippen molar-refractivity contribution in [3.63, 3.8) is 0 Å². The molecule has 0 bridgehead atoms. The Balaban J connectivity index is 4.85. The van der Waals surface area contributed by atoms with E-state index in [1.165, 1.54) is 11.8 Å². The highest BCUT2D eigenvalue weighted by Gasteiger charge is 2.27. The molecule has 0 aromatic heterocycles. The van der Waals surface area contributed by atoms with E-state index in [1.807, 2.05) is 0 Å². The predicted molar refractivity (Wildman–Crippen MR) is 88.6 cm³/mol. The molecule has 0 aliphatic heterocycles. The van der Waals surface area contributed by atoms with Gasteiger partial charge in [0, 0.05) is 5.75 Å². The van der Waals surface area contributed by atoms with Gasteiger partial charge < -0.3 is 26.6 Å². The van der Waals surface area contributed by atoms with E-state index in [0.29, 0.717) is 5.75 Å². The summed E-state index contributed by atoms with van der Waals surface area (Å²) in [5, 5.41) is 22.1. The number of thiol groups is 1. The number of amides is 2. The summed E-state index contributed by atoms with van der Waals surface area (Å²) in [5.74, 6) is -3.53. The number of nitrogens with two attached hydrogens (primary N) is 1. The number of aliphatic carboxylic acids is 2. The second kappa shape index (κ2) is 11.1. The molecule has 23 heavy (non-hydrogen) atoms. The van der Waals surface area contributed by atoms with Crippen molar-refractivity contribution in [3.8, 4) is 0 Å². The number of hydrogen-bond donors (Lipinski definition) is 6. The maximum absolute atomic E-state index is 12.1. The molecule has 0 aliphatic rings. The fourth-order valence-corrected chi connectivity index (χ4v) is 2.24. The lowest BCUT2D eigenvalue weighted by atomic mass is 10.1. The van der Waals surface area contributed by atoms with Crippen molar-refractivity contribution in [2.75, 3.05) is 17.8 Å². The summed E-state index contributed by atoms with van der Waals surface area (Å²) >= 11 is 5.27. The van der Waals surface area contributed by atoms with Crippen molar-refractivity contribution in [2.45, 2.75) is 31.0 Å². The van der Waals surface area contributed by atoms with Crippen LogP contribution in [0.4, 0.5) is 0 Å². The van der Waals surface area contributed by atoms with Gasteiger partial charge in [0.1, 0.15) is 12.1 Å². The molecule has 0 aromatic rings. The summed E-state index contributed by atoms with van der Waals surface area (Å²) in [5.41, 5.74) is 5.43. The van der Waals surface area contributed by atoms with Crippen LogP contribution in [0.3, 0.4) is 0 Å². The lowest BCUT2D eigenvalue weighted by Crippen LogP contribution is -2.55. The number of carboxylic acid groups (broad SMARTS) is 2. The van der Waals surface area contributed by atoms with Gasteiger partial charge in [-0.3, -0.25) is 14.4 Å². The number of rotatable bonds is 11. The van der Waals surface area contributed by atoms with E-state index in [2.05, 4.69) is 23.3 Å². The first kappa shape index (κ1) is 21.5. The van der Waals surface area contributed by atoms with Crippen LogP contribution in [-0.2, 0) is 19.2 Å². The van der Waals surface area contributed by atoms with Crippen molar-refractivity contribution in [1.82, 2.24) is 10.6 Å². The number of carbonyl (C=O) groups excluding carboxylic acids is 2. The number of hydrogen-bond acceptors (Lipinski definition) is 7. The fourth-order valence-electron chi connectivity index (χ4n) is 1.52. The SMILES string of the molecule is CSCC[C@H](NC(=O)[C@@H](N)CC(=O)O)C(=O)N[C@@H](CS)C(=O)O. The Morgan fingerprint density at radius 3 is 2.13 bits per heavy atom. The van der Waals surface area contributed by atoms with Crippen LogP contribution < -0.4 is 16.4 Å². The number of thioether (sulfide) groups is 1. The lowest BCUT2D eigenvalue weighted by Gasteiger charge is -2.21. The molecular weight excluding hydrogens is 346 g/mol. The highest BCUT2D eigenvalue weighted by molar-refractivity contribution is 7.98. The second-order valence-electron chi connectivity index (χ2n) is 4.63. The first-order valence-electron chi connectivity index (χ1n) is 6.63. The van der Waals surface area contributed by atoms with Crippen LogP contribution >= 0.6 is 24.4 Å². The molecule has 132 valence electrons. The summed E-state index contributed by atoms with van der Waals surface area (Å²) in [7, 11) is 0. The molecule has 0 saturated carbocycles. The zero-order chi connectivity index (χ0) is 18.0. The molecule has 0 saturated heterocycles. The lowest BCUT2D eigenvalue weighted by molar-refractivity contribution is -0.142. The second-order valence-corrected chi connectivity index (χ2v) is 5.98. The van der Waals surface area contributed by atoms with Crippen LogP contribution in [0.15, 0.2) is 0 Å². The van der Waals surface area contributed by atoms with E-state index in [0.717, 1.165) is 0 Å². The highest BCUT2D eigenvalue weighted by atomic mass is 32.2. The van der Waals surface area contributed by atoms with Crippen molar-refractivity contribution < 1.29 is 29.4 Å². The molecule has 0 aromatic carbocycles. The zero-order valence-corrected chi connectivity index (χ0v) is 14.2. The van der Waals surface area contributed by atoms with Crippen LogP contribution in [0.1, 0.15) is 12.8 Å². The third-order valence-corrected chi connectivity index (χ3v) is 3.78. The van der Waals surface area contributed by atoms with Crippen LogP contribution in [0, 0.1) is 0 Å². The predicted octanol–water partition coefficient (Wildman–Crippen LogP) is -1.47. The maximum Gasteiger partial charge on any atom is 0.327 e. The van der Waals surface area contributed by atoms with E-state index in [9.17, 15) is 19.2 Å². The monoisotopic (exact) mass is 367 g/mol. The molecule has 0 spiro atoms. The molecule has 0 fully saturated rings. The third-order valence-electron chi connectivity index (χ3n) is 2.77. The highest BCUT2D eigenvalue weighted by Crippen LogP contribution is 2.03. The van der Waals surface area contributed by atoms with Gasteiger partial charge in [-0.15, -0.1) is 0 Å². The third kappa shape index (κ3) is 8.67. The van der Waals surface area contributed by atoms with Crippen LogP contribution in [0.25, 0.3) is 0 Å². The summed E-state index contributed by atoms with van der Waals surface area (Å²) < 4.78 is 0. The Morgan fingerprint density at radius 2 is 1.70 bits per heavy atom. The van der Waals surface area contributed by atoms with Gasteiger partial charge in [-0.25, -0.2) is 4.79 Å². The minimum atomic E-state index is -1.29. The first-order chi connectivity index (χ1) is 10.7. The molecular formula is C12H21N3O6S2. The largest absolute Gasteiger partial charge is 0.481 e. The summed E-state index contributed by atoms with van der Waals surface area (Å²) in [6.45, 7) is 0. The van der Waals surface area contributed by atoms with E-state index >= 15 is 0 Å². The molecule has 6 N–H and O–H groups in total. The number of nitrogens with one attached hydrogen (secondary N) is 2. The van der Waals surface area contributed by atoms with Crippen LogP contribution in [0.2, 0.25) is 0 Å². The van der Waals surface area contributed by atoms with Gasteiger partial charge in [0.25, 0.3) is 0 Å². The standard InChI is InChI=1S/C12H21N3O6S2/c1-23-3-2-7(11(19)15-8(5-22)12(20)21)14-10(18)6(13)4-9(16)17/h6-8,22H,2-5,13H2,1H3,(H,14,18)(H,15,19)(H,16,17)(H,20,21)/t6-,7-,8-/m0/s1. The molecule has 0 rings (SSSR count). The molecule has 9 nitrogen and oxygen atoms in total. The average Bonchev–Trinajstić information content (AvgIpc) is 2.47. The molecule has 0 unspecified atom stereocenters. The van der Waals surface area contributed by atoms with E-state index in [4.69, 9.17) is 15.9 Å². The van der Waals surface area contributed by atoms with Crippen molar-refractivity contribution in [3.05, 3.63) is 0 Å². The normalized spacial score (nSPS) is 14.4. The van der Waals surface area contributed by atoms with Gasteiger partial charge in [-0.2, -0.15) is 24.4 Å². The van der Waals surface area contributed by atoms with Gasteiger partial charge in [-0.1, -0.05) is 0 Å². The van der Waals surface area contributed by atoms with E-state index in [1.54, 1.807) is 6.26 Å².